The first-order chi connectivity index (χ1) is 20.4. The number of piperidine rings is 1. The summed E-state index contributed by atoms with van der Waals surface area (Å²) in [5.74, 6) is -2.65. The summed E-state index contributed by atoms with van der Waals surface area (Å²) in [6, 6.07) is 5.13. The van der Waals surface area contributed by atoms with Gasteiger partial charge in [0, 0.05) is 13.1 Å². The van der Waals surface area contributed by atoms with E-state index in [9.17, 15) is 24.0 Å². The average Bonchev–Trinajstić information content (AvgIpc) is 3.33. The van der Waals surface area contributed by atoms with Crippen LogP contribution in [-0.2, 0) is 36.8 Å². The maximum atomic E-state index is 14.3. The molecule has 1 aromatic carbocycles. The van der Waals surface area contributed by atoms with Gasteiger partial charge >= 0.3 is 6.09 Å². The molecule has 10 nitrogen and oxygen atoms in total. The molecule has 3 unspecified atom stereocenters. The summed E-state index contributed by atoms with van der Waals surface area (Å²) in [7, 11) is 0. The fourth-order valence-corrected chi connectivity index (χ4v) is 6.80. The number of carbonyl (C=O) groups is 5. The first kappa shape index (κ1) is 32.0. The van der Waals surface area contributed by atoms with Gasteiger partial charge in [-0.1, -0.05) is 50.3 Å². The molecule has 43 heavy (non-hydrogen) atoms. The summed E-state index contributed by atoms with van der Waals surface area (Å²) in [5.41, 5.74) is 2.08. The normalized spacial score (nSPS) is 22.9. The van der Waals surface area contributed by atoms with E-state index in [1.807, 2.05) is 24.3 Å². The minimum Gasteiger partial charge on any atom is -0.447 e. The Kier molecular flexibility index (Phi) is 9.77. The molecule has 3 aliphatic rings. The van der Waals surface area contributed by atoms with E-state index in [2.05, 4.69) is 43.0 Å². The van der Waals surface area contributed by atoms with Crippen LogP contribution in [0.2, 0.25) is 0 Å². The molecule has 0 spiro atoms. The second kappa shape index (κ2) is 13.1. The van der Waals surface area contributed by atoms with Gasteiger partial charge in [0.2, 0.25) is 17.6 Å². The summed E-state index contributed by atoms with van der Waals surface area (Å²) in [5, 5.41) is 8.09. The van der Waals surface area contributed by atoms with Gasteiger partial charge in [0.15, 0.2) is 0 Å². The Morgan fingerprint density at radius 3 is 2.28 bits per heavy atom. The van der Waals surface area contributed by atoms with Gasteiger partial charge in [0.25, 0.3) is 5.91 Å². The van der Waals surface area contributed by atoms with E-state index < -0.39 is 41.8 Å². The van der Waals surface area contributed by atoms with Gasteiger partial charge in [-0.05, 0) is 73.8 Å². The van der Waals surface area contributed by atoms with Crippen molar-refractivity contribution in [2.75, 3.05) is 13.1 Å². The van der Waals surface area contributed by atoms with Gasteiger partial charge in [-0.3, -0.25) is 19.2 Å². The quantitative estimate of drug-likeness (QED) is 0.238. The van der Waals surface area contributed by atoms with Crippen LogP contribution in [0.25, 0.3) is 0 Å². The summed E-state index contributed by atoms with van der Waals surface area (Å²) in [6.45, 7) is 15.3. The second-order valence-electron chi connectivity index (χ2n) is 12.7. The molecule has 2 aliphatic carbocycles. The van der Waals surface area contributed by atoms with Crippen molar-refractivity contribution in [3.63, 3.8) is 0 Å². The van der Waals surface area contributed by atoms with Crippen molar-refractivity contribution in [1.29, 1.82) is 0 Å². The number of Topliss-reactive ketones (excluding diaryl/α,β-unsaturated/α-hetero) is 1. The van der Waals surface area contributed by atoms with Crippen LogP contribution in [0.4, 0.5) is 4.79 Å². The highest BCUT2D eigenvalue weighted by atomic mass is 16.6. The number of fused-ring (bicyclic) bond motifs is 2. The van der Waals surface area contributed by atoms with Crippen LogP contribution in [0.1, 0.15) is 51.7 Å². The van der Waals surface area contributed by atoms with Crippen molar-refractivity contribution in [2.24, 2.45) is 23.2 Å². The van der Waals surface area contributed by atoms with Crippen molar-refractivity contribution in [3.05, 3.63) is 60.7 Å². The zero-order chi connectivity index (χ0) is 31.5. The third-order valence-electron chi connectivity index (χ3n) is 9.12. The number of rotatable bonds is 13. The maximum absolute atomic E-state index is 14.3. The molecule has 0 aromatic heterocycles. The van der Waals surface area contributed by atoms with Gasteiger partial charge in [-0.15, -0.1) is 13.2 Å². The third kappa shape index (κ3) is 6.84. The third-order valence-corrected chi connectivity index (χ3v) is 9.12. The summed E-state index contributed by atoms with van der Waals surface area (Å²) < 4.78 is 5.34. The van der Waals surface area contributed by atoms with Crippen LogP contribution in [0.15, 0.2) is 49.6 Å². The maximum Gasteiger partial charge on any atom is 0.408 e. The van der Waals surface area contributed by atoms with E-state index in [4.69, 9.17) is 4.74 Å². The van der Waals surface area contributed by atoms with E-state index in [0.29, 0.717) is 25.8 Å². The molecule has 4 rings (SSSR count). The van der Waals surface area contributed by atoms with Crippen molar-refractivity contribution in [1.82, 2.24) is 20.9 Å². The number of nitrogens with zero attached hydrogens (tertiary/aromatic N) is 1. The number of alkyl carbamates (subject to hydrolysis) is 1. The fourth-order valence-electron chi connectivity index (χ4n) is 6.80. The van der Waals surface area contributed by atoms with Crippen LogP contribution in [-0.4, -0.2) is 71.8 Å². The largest absolute Gasteiger partial charge is 0.447 e. The van der Waals surface area contributed by atoms with Crippen molar-refractivity contribution in [3.8, 4) is 0 Å². The number of ketones is 1. The first-order valence-corrected chi connectivity index (χ1v) is 15.1. The highest BCUT2D eigenvalue weighted by Gasteiger charge is 2.69. The Labute approximate surface area is 253 Å². The first-order valence-electron chi connectivity index (χ1n) is 15.1. The molecule has 232 valence electrons. The van der Waals surface area contributed by atoms with Crippen molar-refractivity contribution >= 4 is 29.6 Å². The Balaban J connectivity index is 1.58. The zero-order valence-electron chi connectivity index (χ0n) is 25.6. The van der Waals surface area contributed by atoms with Gasteiger partial charge < -0.3 is 25.6 Å². The monoisotopic (exact) mass is 592 g/mol. The van der Waals surface area contributed by atoms with Crippen LogP contribution in [0, 0.1) is 23.2 Å². The number of likely N-dealkylation sites (tertiary alicyclic amines) is 1. The Morgan fingerprint density at radius 2 is 1.70 bits per heavy atom. The lowest BCUT2D eigenvalue weighted by Crippen LogP contribution is -2.59. The topological polar surface area (TPSA) is 134 Å². The molecule has 10 heteroatoms. The smallest absolute Gasteiger partial charge is 0.408 e. The molecular formula is C33H44N4O6. The number of allylic oxidation sites excluding steroid dienone is 1. The molecule has 1 saturated carbocycles. The molecule has 4 amide bonds. The van der Waals surface area contributed by atoms with Gasteiger partial charge in [-0.25, -0.2) is 4.79 Å². The van der Waals surface area contributed by atoms with Crippen LogP contribution in [0.5, 0.6) is 0 Å². The van der Waals surface area contributed by atoms with E-state index in [-0.39, 0.29) is 48.1 Å². The SMILES string of the molecule is C=CCCC(NC(=O)[C@@H]1C2C(CN1C(=O)[C@@H](NC(=O)OC(C)C)C1Cc3ccccc3C1)C2(C)C)C(=O)C(=O)NCC=C. The molecule has 0 radical (unpaired) electrons. The number of amides is 4. The predicted octanol–water partition coefficient (Wildman–Crippen LogP) is 2.71. The Hall–Kier alpha value is -3.95. The predicted molar refractivity (Wildman–Crippen MR) is 162 cm³/mol. The Bertz CT molecular complexity index is 1260. The van der Waals surface area contributed by atoms with Crippen LogP contribution in [0.3, 0.4) is 0 Å². The van der Waals surface area contributed by atoms with E-state index >= 15 is 0 Å². The number of nitrogens with one attached hydrogen (secondary N) is 3. The number of benzene rings is 1. The fraction of sp³-hybridized carbons (Fsp3) is 0.545. The number of hydrogen-bond donors (Lipinski definition) is 3. The standard InChI is InChI=1S/C33H44N4O6/c1-7-9-14-24(28(38)30(40)34-15-8-2)35-29(39)27-25-23(33(25,5)6)18-37(27)31(41)26(36-32(42)43-19(3)4)22-16-20-12-10-11-13-21(20)17-22/h7-8,10-13,19,22-27H,1-2,9,14-18H2,3-6H3,(H,34,40)(H,35,39)(H,36,42)/t23?,24?,25?,26-,27-/m0/s1. The minimum absolute atomic E-state index is 0.0921. The molecular weight excluding hydrogens is 548 g/mol. The molecule has 1 saturated heterocycles. The zero-order valence-corrected chi connectivity index (χ0v) is 25.6. The van der Waals surface area contributed by atoms with E-state index in [1.54, 1.807) is 24.8 Å². The second-order valence-corrected chi connectivity index (χ2v) is 12.7. The number of carbonyl (C=O) groups excluding carboxylic acids is 5. The van der Waals surface area contributed by atoms with Crippen LogP contribution < -0.4 is 16.0 Å². The molecule has 1 aliphatic heterocycles. The van der Waals surface area contributed by atoms with Gasteiger partial charge in [-0.2, -0.15) is 0 Å². The molecule has 1 heterocycles. The average molecular weight is 593 g/mol. The lowest BCUT2D eigenvalue weighted by Gasteiger charge is -2.35. The minimum atomic E-state index is -1.08. The van der Waals surface area contributed by atoms with Crippen molar-refractivity contribution in [2.45, 2.75) is 77.6 Å². The lowest BCUT2D eigenvalue weighted by atomic mass is 9.93. The molecule has 3 N–H and O–H groups in total. The molecule has 2 fully saturated rings. The molecule has 1 aromatic rings. The van der Waals surface area contributed by atoms with E-state index in [0.717, 1.165) is 11.1 Å². The summed E-state index contributed by atoms with van der Waals surface area (Å²) >= 11 is 0. The molecule has 5 atom stereocenters. The van der Waals surface area contributed by atoms with Crippen molar-refractivity contribution < 1.29 is 28.7 Å². The Morgan fingerprint density at radius 1 is 1.05 bits per heavy atom. The lowest BCUT2D eigenvalue weighted by molar-refractivity contribution is -0.144. The summed E-state index contributed by atoms with van der Waals surface area (Å²) in [4.78, 5) is 68.1. The highest BCUT2D eigenvalue weighted by Crippen LogP contribution is 2.65. The van der Waals surface area contributed by atoms with Gasteiger partial charge in [0.05, 0.1) is 12.1 Å². The summed E-state index contributed by atoms with van der Waals surface area (Å²) in [6.07, 6.45) is 3.84. The molecule has 0 bridgehead atoms. The highest BCUT2D eigenvalue weighted by molar-refractivity contribution is 6.38. The van der Waals surface area contributed by atoms with Crippen LogP contribution >= 0.6 is 0 Å². The van der Waals surface area contributed by atoms with Gasteiger partial charge in [0.1, 0.15) is 12.1 Å². The van der Waals surface area contributed by atoms with E-state index in [1.165, 1.54) is 6.08 Å². The number of ether oxygens (including phenoxy) is 1. The number of hydrogen-bond acceptors (Lipinski definition) is 6.